The lowest BCUT2D eigenvalue weighted by molar-refractivity contribution is -0.145. The standard InChI is InChI=1S/C19H22N2O4.ClH/c1-25-19(24)16(10-13-4-8-17(22)9-5-13)12-21-18(23)15-6-2-14(11-20)3-7-15;/h2-9,16,22H,10-12,20H2,1H3,(H,21,23);1H. The summed E-state index contributed by atoms with van der Waals surface area (Å²) in [6.07, 6.45) is 0.402. The Kier molecular flexibility index (Phi) is 8.61. The Labute approximate surface area is 158 Å². The molecule has 0 aliphatic carbocycles. The highest BCUT2D eigenvalue weighted by Gasteiger charge is 2.21. The average molecular weight is 379 g/mol. The Morgan fingerprint density at radius 3 is 2.19 bits per heavy atom. The molecule has 0 aliphatic heterocycles. The number of nitrogens with two attached hydrogens (primary N) is 1. The molecule has 140 valence electrons. The smallest absolute Gasteiger partial charge is 0.310 e. The van der Waals surface area contributed by atoms with E-state index in [1.54, 1.807) is 48.5 Å². The summed E-state index contributed by atoms with van der Waals surface area (Å²) in [5.74, 6) is -1.01. The first-order chi connectivity index (χ1) is 12.0. The van der Waals surface area contributed by atoms with Crippen molar-refractivity contribution in [2.24, 2.45) is 11.7 Å². The third kappa shape index (κ3) is 6.06. The zero-order valence-corrected chi connectivity index (χ0v) is 15.3. The maximum atomic E-state index is 12.2. The number of aromatic hydroxyl groups is 1. The van der Waals surface area contributed by atoms with Crippen LogP contribution >= 0.6 is 12.4 Å². The van der Waals surface area contributed by atoms with Gasteiger partial charge in [0.1, 0.15) is 5.75 Å². The largest absolute Gasteiger partial charge is 0.508 e. The number of benzene rings is 2. The van der Waals surface area contributed by atoms with E-state index >= 15 is 0 Å². The third-order valence-corrected chi connectivity index (χ3v) is 3.91. The quantitative estimate of drug-likeness (QED) is 0.640. The van der Waals surface area contributed by atoms with Gasteiger partial charge in [-0.25, -0.2) is 0 Å². The number of ether oxygens (including phenoxy) is 1. The van der Waals surface area contributed by atoms with E-state index in [2.05, 4.69) is 5.32 Å². The Bertz CT molecular complexity index is 717. The molecular weight excluding hydrogens is 356 g/mol. The minimum absolute atomic E-state index is 0. The van der Waals surface area contributed by atoms with Crippen LogP contribution in [-0.4, -0.2) is 30.6 Å². The molecule has 2 aromatic rings. The summed E-state index contributed by atoms with van der Waals surface area (Å²) in [5, 5.41) is 12.1. The fourth-order valence-electron chi connectivity index (χ4n) is 2.43. The number of carbonyl (C=O) groups is 2. The van der Waals surface area contributed by atoms with Crippen LogP contribution in [0.1, 0.15) is 21.5 Å². The van der Waals surface area contributed by atoms with Gasteiger partial charge < -0.3 is 20.9 Å². The predicted molar refractivity (Wildman–Crippen MR) is 101 cm³/mol. The molecule has 0 saturated carbocycles. The van der Waals surface area contributed by atoms with E-state index in [4.69, 9.17) is 10.5 Å². The van der Waals surface area contributed by atoms with Crippen LogP contribution in [0.25, 0.3) is 0 Å². The maximum Gasteiger partial charge on any atom is 0.310 e. The van der Waals surface area contributed by atoms with Crippen molar-refractivity contribution in [1.82, 2.24) is 5.32 Å². The van der Waals surface area contributed by atoms with Gasteiger partial charge in [0.15, 0.2) is 0 Å². The summed E-state index contributed by atoms with van der Waals surface area (Å²) in [7, 11) is 1.32. The molecule has 4 N–H and O–H groups in total. The summed E-state index contributed by atoms with van der Waals surface area (Å²) in [5.41, 5.74) is 7.85. The number of nitrogens with one attached hydrogen (secondary N) is 1. The molecule has 0 aliphatic rings. The number of hydrogen-bond acceptors (Lipinski definition) is 5. The molecule has 0 saturated heterocycles. The van der Waals surface area contributed by atoms with Crippen molar-refractivity contribution in [3.63, 3.8) is 0 Å². The van der Waals surface area contributed by atoms with Crippen molar-refractivity contribution in [1.29, 1.82) is 0 Å². The SMILES string of the molecule is COC(=O)C(CNC(=O)c1ccc(CN)cc1)Cc1ccc(O)cc1.Cl. The number of phenolic OH excluding ortho intramolecular Hbond substituents is 1. The van der Waals surface area contributed by atoms with Crippen LogP contribution in [0.4, 0.5) is 0 Å². The van der Waals surface area contributed by atoms with Crippen LogP contribution in [0.15, 0.2) is 48.5 Å². The van der Waals surface area contributed by atoms with E-state index in [1.807, 2.05) is 0 Å². The number of amides is 1. The van der Waals surface area contributed by atoms with Crippen LogP contribution in [0.3, 0.4) is 0 Å². The molecule has 7 heteroatoms. The molecule has 26 heavy (non-hydrogen) atoms. The zero-order valence-electron chi connectivity index (χ0n) is 14.5. The van der Waals surface area contributed by atoms with Gasteiger partial charge in [-0.3, -0.25) is 9.59 Å². The first kappa shape index (κ1) is 21.5. The molecule has 0 radical (unpaired) electrons. The monoisotopic (exact) mass is 378 g/mol. The molecule has 0 spiro atoms. The van der Waals surface area contributed by atoms with Gasteiger partial charge in [-0.05, 0) is 41.8 Å². The molecule has 2 aromatic carbocycles. The topological polar surface area (TPSA) is 102 Å². The first-order valence-corrected chi connectivity index (χ1v) is 7.96. The average Bonchev–Trinajstić information content (AvgIpc) is 2.65. The number of rotatable bonds is 7. The first-order valence-electron chi connectivity index (χ1n) is 7.96. The second-order valence-electron chi connectivity index (χ2n) is 5.70. The number of methoxy groups -OCH3 is 1. The molecular formula is C19H23ClN2O4. The minimum atomic E-state index is -0.512. The second-order valence-corrected chi connectivity index (χ2v) is 5.70. The van der Waals surface area contributed by atoms with Crippen LogP contribution in [0.2, 0.25) is 0 Å². The lowest BCUT2D eigenvalue weighted by Crippen LogP contribution is -2.34. The Hall–Kier alpha value is -2.57. The second kappa shape index (κ2) is 10.4. The van der Waals surface area contributed by atoms with Crippen molar-refractivity contribution in [2.75, 3.05) is 13.7 Å². The highest BCUT2D eigenvalue weighted by Crippen LogP contribution is 2.14. The van der Waals surface area contributed by atoms with Crippen LogP contribution in [-0.2, 0) is 22.5 Å². The number of phenols is 1. The van der Waals surface area contributed by atoms with Gasteiger partial charge in [-0.15, -0.1) is 12.4 Å². The van der Waals surface area contributed by atoms with Gasteiger partial charge in [-0.2, -0.15) is 0 Å². The van der Waals surface area contributed by atoms with Crippen molar-refractivity contribution in [2.45, 2.75) is 13.0 Å². The molecule has 1 unspecified atom stereocenters. The Morgan fingerprint density at radius 2 is 1.65 bits per heavy atom. The molecule has 0 heterocycles. The molecule has 6 nitrogen and oxygen atoms in total. The van der Waals surface area contributed by atoms with Gasteiger partial charge in [0.05, 0.1) is 13.0 Å². The van der Waals surface area contributed by atoms with Crippen LogP contribution in [0.5, 0.6) is 5.75 Å². The van der Waals surface area contributed by atoms with Crippen molar-refractivity contribution < 1.29 is 19.4 Å². The van der Waals surface area contributed by atoms with Crippen molar-refractivity contribution in [3.8, 4) is 5.75 Å². The number of esters is 1. The minimum Gasteiger partial charge on any atom is -0.508 e. The van der Waals surface area contributed by atoms with Crippen molar-refractivity contribution >= 4 is 24.3 Å². The van der Waals surface area contributed by atoms with Gasteiger partial charge >= 0.3 is 5.97 Å². The Morgan fingerprint density at radius 1 is 1.08 bits per heavy atom. The number of halogens is 1. The predicted octanol–water partition coefficient (Wildman–Crippen LogP) is 2.03. The fourth-order valence-corrected chi connectivity index (χ4v) is 2.43. The van der Waals surface area contributed by atoms with Gasteiger partial charge in [0.25, 0.3) is 5.91 Å². The van der Waals surface area contributed by atoms with E-state index < -0.39 is 11.9 Å². The summed E-state index contributed by atoms with van der Waals surface area (Å²) in [6.45, 7) is 0.573. The summed E-state index contributed by atoms with van der Waals surface area (Å²) < 4.78 is 4.82. The highest BCUT2D eigenvalue weighted by atomic mass is 35.5. The van der Waals surface area contributed by atoms with E-state index in [0.29, 0.717) is 18.5 Å². The van der Waals surface area contributed by atoms with E-state index in [1.165, 1.54) is 7.11 Å². The summed E-state index contributed by atoms with van der Waals surface area (Å²) >= 11 is 0. The van der Waals surface area contributed by atoms with Crippen molar-refractivity contribution in [3.05, 3.63) is 65.2 Å². The lowest BCUT2D eigenvalue weighted by Gasteiger charge is -2.16. The van der Waals surface area contributed by atoms with Gasteiger partial charge in [-0.1, -0.05) is 24.3 Å². The molecule has 2 rings (SSSR count). The molecule has 1 atom stereocenters. The molecule has 0 aromatic heterocycles. The van der Waals surface area contributed by atoms with Gasteiger partial charge in [0.2, 0.25) is 0 Å². The van der Waals surface area contributed by atoms with E-state index in [0.717, 1.165) is 11.1 Å². The van der Waals surface area contributed by atoms with E-state index in [-0.39, 0.29) is 30.6 Å². The number of carbonyl (C=O) groups excluding carboxylic acids is 2. The molecule has 0 bridgehead atoms. The van der Waals surface area contributed by atoms with E-state index in [9.17, 15) is 14.7 Å². The number of hydrogen-bond donors (Lipinski definition) is 3. The maximum absolute atomic E-state index is 12.2. The normalized spacial score (nSPS) is 11.2. The summed E-state index contributed by atoms with van der Waals surface area (Å²) in [4.78, 5) is 24.2. The summed E-state index contributed by atoms with van der Waals surface area (Å²) in [6, 6.07) is 13.6. The van der Waals surface area contributed by atoms with Gasteiger partial charge in [0, 0.05) is 18.7 Å². The fraction of sp³-hybridized carbons (Fsp3) is 0.263. The molecule has 1 amide bonds. The Balaban J connectivity index is 0.00000338. The molecule has 0 fully saturated rings. The van der Waals surface area contributed by atoms with Crippen LogP contribution < -0.4 is 11.1 Å². The highest BCUT2D eigenvalue weighted by molar-refractivity contribution is 5.94. The third-order valence-electron chi connectivity index (χ3n) is 3.91. The van der Waals surface area contributed by atoms with Crippen LogP contribution in [0, 0.1) is 5.92 Å². The zero-order chi connectivity index (χ0) is 18.2. The lowest BCUT2D eigenvalue weighted by atomic mass is 9.99.